The summed E-state index contributed by atoms with van der Waals surface area (Å²) in [7, 11) is 0. The second kappa shape index (κ2) is 5.56. The first-order valence-corrected chi connectivity index (χ1v) is 7.51. The number of fused-ring (bicyclic) bond motifs is 1. The van der Waals surface area contributed by atoms with Crippen molar-refractivity contribution in [3.05, 3.63) is 77.8 Å². The fraction of sp³-hybridized carbons (Fsp3) is 0.111. The second-order valence-electron chi connectivity index (χ2n) is 5.63. The summed E-state index contributed by atoms with van der Waals surface area (Å²) in [5.41, 5.74) is 1.50. The Morgan fingerprint density at radius 2 is 1.88 bits per heavy atom. The van der Waals surface area contributed by atoms with Gasteiger partial charge in [-0.05, 0) is 18.2 Å². The van der Waals surface area contributed by atoms with Gasteiger partial charge in [0.2, 0.25) is 5.91 Å². The normalized spacial score (nSPS) is 16.6. The van der Waals surface area contributed by atoms with E-state index in [1.54, 1.807) is 10.9 Å². The van der Waals surface area contributed by atoms with Crippen molar-refractivity contribution in [3.8, 4) is 5.69 Å². The second-order valence-corrected chi connectivity index (χ2v) is 5.63. The van der Waals surface area contributed by atoms with Crippen LogP contribution in [-0.2, 0) is 4.79 Å². The molecule has 4 nitrogen and oxygen atoms in total. The molecular formula is C18H13F2N3O. The first-order valence-electron chi connectivity index (χ1n) is 7.51. The smallest absolute Gasteiger partial charge is 0.226 e. The quantitative estimate of drug-likeness (QED) is 0.782. The average molecular weight is 325 g/mol. The number of nitrogens with one attached hydrogen (secondary N) is 1. The zero-order chi connectivity index (χ0) is 16.7. The number of carbonyl (C=O) groups excluding carboxylic acids is 1. The summed E-state index contributed by atoms with van der Waals surface area (Å²) in [4.78, 5) is 16.5. The molecule has 0 aliphatic carbocycles. The summed E-state index contributed by atoms with van der Waals surface area (Å²) in [6.45, 7) is 0. The van der Waals surface area contributed by atoms with Crippen LogP contribution in [0, 0.1) is 11.6 Å². The molecule has 2 aromatic carbocycles. The average Bonchev–Trinajstić information content (AvgIpc) is 3.01. The van der Waals surface area contributed by atoms with Crippen molar-refractivity contribution < 1.29 is 13.6 Å². The van der Waals surface area contributed by atoms with Crippen LogP contribution in [0.5, 0.6) is 0 Å². The van der Waals surface area contributed by atoms with E-state index in [1.165, 1.54) is 12.1 Å². The maximum Gasteiger partial charge on any atom is 0.226 e. The van der Waals surface area contributed by atoms with Gasteiger partial charge in [-0.3, -0.25) is 9.36 Å². The number of halogens is 2. The highest BCUT2D eigenvalue weighted by Gasteiger charge is 2.33. The molecule has 120 valence electrons. The van der Waals surface area contributed by atoms with E-state index < -0.39 is 17.6 Å². The molecule has 1 aliphatic rings. The number of para-hydroxylation sites is 1. The number of rotatable bonds is 2. The highest BCUT2D eigenvalue weighted by atomic mass is 19.2. The Morgan fingerprint density at radius 1 is 1.08 bits per heavy atom. The van der Waals surface area contributed by atoms with Crippen LogP contribution in [0.2, 0.25) is 0 Å². The third kappa shape index (κ3) is 2.27. The van der Waals surface area contributed by atoms with Crippen LogP contribution in [0.15, 0.2) is 54.9 Å². The van der Waals surface area contributed by atoms with Gasteiger partial charge in [-0.2, -0.15) is 0 Å². The molecule has 0 unspecified atom stereocenters. The molecule has 0 saturated carbocycles. The van der Waals surface area contributed by atoms with Crippen LogP contribution < -0.4 is 5.32 Å². The number of benzene rings is 2. The van der Waals surface area contributed by atoms with Gasteiger partial charge < -0.3 is 5.32 Å². The lowest BCUT2D eigenvalue weighted by atomic mass is 9.89. The fourth-order valence-electron chi connectivity index (χ4n) is 3.04. The summed E-state index contributed by atoms with van der Waals surface area (Å²) in [6, 6.07) is 13.4. The molecule has 0 saturated heterocycles. The minimum absolute atomic E-state index is 0.0270. The van der Waals surface area contributed by atoms with E-state index in [2.05, 4.69) is 10.3 Å². The summed E-state index contributed by atoms with van der Waals surface area (Å²) in [5.74, 6) is -2.24. The van der Waals surface area contributed by atoms with E-state index in [9.17, 15) is 13.6 Å². The van der Waals surface area contributed by atoms with E-state index in [0.29, 0.717) is 11.5 Å². The van der Waals surface area contributed by atoms with Crippen LogP contribution >= 0.6 is 0 Å². The van der Waals surface area contributed by atoms with Crippen LogP contribution in [0.25, 0.3) is 5.69 Å². The Bertz CT molecular complexity index is 921. The largest absolute Gasteiger partial charge is 0.310 e. The molecule has 0 radical (unpaired) electrons. The molecule has 1 aliphatic heterocycles. The number of carbonyl (C=O) groups is 1. The molecule has 0 spiro atoms. The van der Waals surface area contributed by atoms with Gasteiger partial charge in [0.1, 0.15) is 12.1 Å². The minimum atomic E-state index is -0.933. The van der Waals surface area contributed by atoms with Crippen LogP contribution in [-0.4, -0.2) is 15.5 Å². The molecule has 1 aromatic heterocycles. The number of anilines is 1. The Labute approximate surface area is 136 Å². The number of nitrogens with zero attached hydrogens (tertiary/aromatic N) is 2. The molecule has 4 rings (SSSR count). The Balaban J connectivity index is 1.86. The SMILES string of the molecule is O=C1C[C@H](c2cccc(F)c2F)c2ncn(-c3ccccc3)c2N1. The van der Waals surface area contributed by atoms with E-state index in [0.717, 1.165) is 11.8 Å². The number of amides is 1. The van der Waals surface area contributed by atoms with Gasteiger partial charge in [0.25, 0.3) is 0 Å². The Hall–Kier alpha value is -3.02. The maximum atomic E-state index is 14.2. The van der Waals surface area contributed by atoms with Crippen molar-refractivity contribution in [2.24, 2.45) is 0 Å². The van der Waals surface area contributed by atoms with Gasteiger partial charge in [-0.1, -0.05) is 30.3 Å². The maximum absolute atomic E-state index is 14.2. The van der Waals surface area contributed by atoms with E-state index >= 15 is 0 Å². The highest BCUT2D eigenvalue weighted by molar-refractivity contribution is 5.94. The van der Waals surface area contributed by atoms with Crippen molar-refractivity contribution in [2.45, 2.75) is 12.3 Å². The molecule has 1 amide bonds. The zero-order valence-corrected chi connectivity index (χ0v) is 12.5. The van der Waals surface area contributed by atoms with Crippen molar-refractivity contribution in [3.63, 3.8) is 0 Å². The number of hydrogen-bond donors (Lipinski definition) is 1. The van der Waals surface area contributed by atoms with Gasteiger partial charge >= 0.3 is 0 Å². The molecule has 2 heterocycles. The third-order valence-corrected chi connectivity index (χ3v) is 4.16. The third-order valence-electron chi connectivity index (χ3n) is 4.16. The molecule has 1 atom stereocenters. The van der Waals surface area contributed by atoms with Crippen LogP contribution in [0.4, 0.5) is 14.6 Å². The van der Waals surface area contributed by atoms with Gasteiger partial charge in [0, 0.05) is 23.6 Å². The van der Waals surface area contributed by atoms with Crippen molar-refractivity contribution in [2.75, 3.05) is 5.32 Å². The van der Waals surface area contributed by atoms with Gasteiger partial charge in [-0.25, -0.2) is 13.8 Å². The van der Waals surface area contributed by atoms with E-state index in [4.69, 9.17) is 0 Å². The Morgan fingerprint density at radius 3 is 2.67 bits per heavy atom. The highest BCUT2D eigenvalue weighted by Crippen LogP contribution is 2.38. The van der Waals surface area contributed by atoms with Crippen LogP contribution in [0.3, 0.4) is 0 Å². The monoisotopic (exact) mass is 325 g/mol. The number of hydrogen-bond acceptors (Lipinski definition) is 2. The van der Waals surface area contributed by atoms with E-state index in [1.807, 2.05) is 30.3 Å². The molecular weight excluding hydrogens is 312 g/mol. The fourth-order valence-corrected chi connectivity index (χ4v) is 3.04. The number of aromatic nitrogens is 2. The summed E-state index contributed by atoms with van der Waals surface area (Å²) in [5, 5.41) is 2.79. The van der Waals surface area contributed by atoms with Crippen molar-refractivity contribution in [1.82, 2.24) is 9.55 Å². The molecule has 0 fully saturated rings. The molecule has 6 heteroatoms. The predicted molar refractivity (Wildman–Crippen MR) is 85.0 cm³/mol. The lowest BCUT2D eigenvalue weighted by Gasteiger charge is -2.23. The van der Waals surface area contributed by atoms with Gasteiger partial charge in [-0.15, -0.1) is 0 Å². The van der Waals surface area contributed by atoms with Crippen LogP contribution in [0.1, 0.15) is 23.6 Å². The molecule has 24 heavy (non-hydrogen) atoms. The lowest BCUT2D eigenvalue weighted by Crippen LogP contribution is -2.25. The van der Waals surface area contributed by atoms with Crippen molar-refractivity contribution in [1.29, 1.82) is 0 Å². The van der Waals surface area contributed by atoms with Gasteiger partial charge in [0.15, 0.2) is 11.6 Å². The topological polar surface area (TPSA) is 46.9 Å². The summed E-state index contributed by atoms with van der Waals surface area (Å²) >= 11 is 0. The van der Waals surface area contributed by atoms with E-state index in [-0.39, 0.29) is 17.9 Å². The lowest BCUT2D eigenvalue weighted by molar-refractivity contribution is -0.116. The molecule has 0 bridgehead atoms. The van der Waals surface area contributed by atoms with Gasteiger partial charge in [0.05, 0.1) is 5.69 Å². The molecule has 3 aromatic rings. The number of imidazole rings is 1. The molecule has 1 N–H and O–H groups in total. The minimum Gasteiger partial charge on any atom is -0.310 e. The summed E-state index contributed by atoms with van der Waals surface area (Å²) in [6.07, 6.45) is 1.61. The zero-order valence-electron chi connectivity index (χ0n) is 12.5. The first kappa shape index (κ1) is 14.6. The van der Waals surface area contributed by atoms with Crippen molar-refractivity contribution >= 4 is 11.7 Å². The first-order chi connectivity index (χ1) is 11.6. The predicted octanol–water partition coefficient (Wildman–Crippen LogP) is 3.62. The summed E-state index contributed by atoms with van der Waals surface area (Å²) < 4.78 is 29.5. The standard InChI is InChI=1S/C18H13F2N3O/c19-14-8-4-7-12(16(14)20)13-9-15(24)22-18-17(13)21-10-23(18)11-5-2-1-3-6-11/h1-8,10,13H,9H2,(H,22,24)/t13-/m1/s1. The Kier molecular flexibility index (Phi) is 3.37.